The highest BCUT2D eigenvalue weighted by molar-refractivity contribution is 9.10. The Balaban J connectivity index is 2.70. The third kappa shape index (κ3) is 6.13. The van der Waals surface area contributed by atoms with E-state index in [1.807, 2.05) is 32.9 Å². The van der Waals surface area contributed by atoms with E-state index < -0.39 is 12.2 Å². The maximum atomic E-state index is 10.3. The third-order valence-electron chi connectivity index (χ3n) is 4.02. The molecule has 0 heterocycles. The summed E-state index contributed by atoms with van der Waals surface area (Å²) >= 11 is 3.39. The number of phenolic OH excluding ortho intramolecular Hbond substituents is 1. The van der Waals surface area contributed by atoms with Crippen molar-refractivity contribution < 1.29 is 15.3 Å². The lowest BCUT2D eigenvalue weighted by Gasteiger charge is -2.27. The highest BCUT2D eigenvalue weighted by Crippen LogP contribution is 2.26. The molecule has 3 nitrogen and oxygen atoms in total. The van der Waals surface area contributed by atoms with Gasteiger partial charge in [-0.15, -0.1) is 6.58 Å². The van der Waals surface area contributed by atoms with Crippen molar-refractivity contribution >= 4 is 22.0 Å². The van der Waals surface area contributed by atoms with Crippen LogP contribution >= 0.6 is 15.9 Å². The van der Waals surface area contributed by atoms with Crippen LogP contribution in [0.15, 0.2) is 40.9 Å². The molecule has 1 rings (SSSR count). The summed E-state index contributed by atoms with van der Waals surface area (Å²) in [5.41, 5.74) is 1.80. The van der Waals surface area contributed by atoms with Crippen molar-refractivity contribution in [3.8, 4) is 5.75 Å². The van der Waals surface area contributed by atoms with Gasteiger partial charge in [0.15, 0.2) is 0 Å². The molecule has 1 aromatic carbocycles. The average molecular weight is 383 g/mol. The number of hydrogen-bond acceptors (Lipinski definition) is 3. The SMILES string of the molecule is C=C[C@H]([C@H](O)CC/C(C)=C/c1cc(Br)ccc1O)[C@H](O)C(C)C. The molecule has 3 atom stereocenters. The topological polar surface area (TPSA) is 60.7 Å². The first-order valence-corrected chi connectivity index (χ1v) is 8.70. The van der Waals surface area contributed by atoms with Crippen molar-refractivity contribution in [2.75, 3.05) is 0 Å². The van der Waals surface area contributed by atoms with E-state index in [0.29, 0.717) is 12.8 Å². The van der Waals surface area contributed by atoms with Crippen LogP contribution in [-0.4, -0.2) is 27.5 Å². The molecule has 0 bridgehead atoms. The Kier molecular flexibility index (Phi) is 8.03. The van der Waals surface area contributed by atoms with Gasteiger partial charge >= 0.3 is 0 Å². The molecule has 4 heteroatoms. The lowest BCUT2D eigenvalue weighted by molar-refractivity contribution is 0.00890. The van der Waals surface area contributed by atoms with Crippen LogP contribution in [0.25, 0.3) is 6.08 Å². The van der Waals surface area contributed by atoms with Gasteiger partial charge < -0.3 is 15.3 Å². The maximum Gasteiger partial charge on any atom is 0.122 e. The Morgan fingerprint density at radius 3 is 2.52 bits per heavy atom. The number of allylic oxidation sites excluding steroid dienone is 1. The minimum absolute atomic E-state index is 0.0721. The number of phenols is 1. The predicted octanol–water partition coefficient (Wildman–Crippen LogP) is 4.52. The van der Waals surface area contributed by atoms with Crippen LogP contribution < -0.4 is 0 Å². The van der Waals surface area contributed by atoms with Gasteiger partial charge in [0.05, 0.1) is 12.2 Å². The lowest BCUT2D eigenvalue weighted by Crippen LogP contribution is -2.33. The van der Waals surface area contributed by atoms with Gasteiger partial charge in [-0.25, -0.2) is 0 Å². The van der Waals surface area contributed by atoms with Gasteiger partial charge in [0.25, 0.3) is 0 Å². The Bertz CT molecular complexity index is 552. The molecule has 0 aromatic heterocycles. The summed E-state index contributed by atoms with van der Waals surface area (Å²) in [5.74, 6) is -0.0303. The molecule has 1 aromatic rings. The number of aliphatic hydroxyl groups is 2. The number of aromatic hydroxyl groups is 1. The lowest BCUT2D eigenvalue weighted by atomic mass is 9.86. The van der Waals surface area contributed by atoms with Gasteiger partial charge in [0.1, 0.15) is 5.75 Å². The molecule has 23 heavy (non-hydrogen) atoms. The van der Waals surface area contributed by atoms with Gasteiger partial charge in [0, 0.05) is 16.0 Å². The maximum absolute atomic E-state index is 10.3. The number of benzene rings is 1. The minimum atomic E-state index is -0.635. The molecule has 0 aliphatic heterocycles. The summed E-state index contributed by atoms with van der Waals surface area (Å²) in [7, 11) is 0. The largest absolute Gasteiger partial charge is 0.507 e. The summed E-state index contributed by atoms with van der Waals surface area (Å²) in [6.07, 6.45) is 3.54. The second-order valence-electron chi connectivity index (χ2n) is 6.35. The Hall–Kier alpha value is -1.10. The quantitative estimate of drug-likeness (QED) is 0.579. The van der Waals surface area contributed by atoms with E-state index in [1.165, 1.54) is 0 Å². The van der Waals surface area contributed by atoms with Gasteiger partial charge in [-0.05, 0) is 43.9 Å². The van der Waals surface area contributed by atoms with Crippen LogP contribution in [-0.2, 0) is 0 Å². The normalized spacial score (nSPS) is 16.2. The fourth-order valence-electron chi connectivity index (χ4n) is 2.52. The average Bonchev–Trinajstić information content (AvgIpc) is 2.49. The third-order valence-corrected chi connectivity index (χ3v) is 4.51. The smallest absolute Gasteiger partial charge is 0.122 e. The van der Waals surface area contributed by atoms with E-state index in [1.54, 1.807) is 18.2 Å². The van der Waals surface area contributed by atoms with E-state index in [2.05, 4.69) is 22.5 Å². The second kappa shape index (κ2) is 9.26. The van der Waals surface area contributed by atoms with E-state index in [-0.39, 0.29) is 17.6 Å². The van der Waals surface area contributed by atoms with Crippen molar-refractivity contribution in [2.24, 2.45) is 11.8 Å². The molecule has 0 fully saturated rings. The molecular formula is C19H27BrO3. The van der Waals surface area contributed by atoms with Crippen molar-refractivity contribution in [2.45, 2.75) is 45.8 Å². The molecule has 0 spiro atoms. The summed E-state index contributed by atoms with van der Waals surface area (Å²) in [4.78, 5) is 0. The molecule has 0 amide bonds. The highest BCUT2D eigenvalue weighted by Gasteiger charge is 2.26. The number of aliphatic hydroxyl groups excluding tert-OH is 2. The first-order valence-electron chi connectivity index (χ1n) is 7.90. The first-order chi connectivity index (χ1) is 10.8. The number of hydrogen-bond donors (Lipinski definition) is 3. The van der Waals surface area contributed by atoms with Crippen LogP contribution in [0.3, 0.4) is 0 Å². The van der Waals surface area contributed by atoms with Gasteiger partial charge in [-0.3, -0.25) is 0 Å². The Morgan fingerprint density at radius 1 is 1.30 bits per heavy atom. The zero-order valence-electron chi connectivity index (χ0n) is 14.0. The van der Waals surface area contributed by atoms with Crippen LogP contribution in [0, 0.1) is 11.8 Å². The number of rotatable bonds is 8. The second-order valence-corrected chi connectivity index (χ2v) is 7.26. The fourth-order valence-corrected chi connectivity index (χ4v) is 2.89. The Labute approximate surface area is 147 Å². The zero-order chi connectivity index (χ0) is 17.6. The van der Waals surface area contributed by atoms with E-state index in [0.717, 1.165) is 15.6 Å². The van der Waals surface area contributed by atoms with Crippen molar-refractivity contribution in [3.05, 3.63) is 46.5 Å². The molecule has 0 aliphatic rings. The van der Waals surface area contributed by atoms with Gasteiger partial charge in [-0.2, -0.15) is 0 Å². The Morgan fingerprint density at radius 2 is 1.96 bits per heavy atom. The van der Waals surface area contributed by atoms with Crippen LogP contribution in [0.5, 0.6) is 5.75 Å². The molecule has 0 saturated carbocycles. The summed E-state index contributed by atoms with van der Waals surface area (Å²) < 4.78 is 0.904. The monoisotopic (exact) mass is 382 g/mol. The molecule has 0 radical (unpaired) electrons. The minimum Gasteiger partial charge on any atom is -0.507 e. The van der Waals surface area contributed by atoms with Crippen LogP contribution in [0.4, 0.5) is 0 Å². The van der Waals surface area contributed by atoms with E-state index in [9.17, 15) is 15.3 Å². The van der Waals surface area contributed by atoms with Crippen LogP contribution in [0.1, 0.15) is 39.2 Å². The van der Waals surface area contributed by atoms with Crippen LogP contribution in [0.2, 0.25) is 0 Å². The van der Waals surface area contributed by atoms with E-state index >= 15 is 0 Å². The standard InChI is InChI=1S/C19H27BrO3/c1-5-16(19(23)12(2)3)18(22)8-6-13(4)10-14-11-15(20)7-9-17(14)21/h5,7,9-12,16,18-19,21-23H,1,6,8H2,2-4H3/b13-10+/t16-,18-,19-/m1/s1. The number of halogens is 1. The first kappa shape index (κ1) is 19.9. The van der Waals surface area contributed by atoms with Crippen molar-refractivity contribution in [1.29, 1.82) is 0 Å². The highest BCUT2D eigenvalue weighted by atomic mass is 79.9. The molecule has 128 valence electrons. The predicted molar refractivity (Wildman–Crippen MR) is 99.2 cm³/mol. The molecule has 0 unspecified atom stereocenters. The van der Waals surface area contributed by atoms with Gasteiger partial charge in [-0.1, -0.05) is 47.5 Å². The van der Waals surface area contributed by atoms with Gasteiger partial charge in [0.2, 0.25) is 0 Å². The van der Waals surface area contributed by atoms with E-state index in [4.69, 9.17) is 0 Å². The van der Waals surface area contributed by atoms with Crippen molar-refractivity contribution in [1.82, 2.24) is 0 Å². The molecule has 0 saturated heterocycles. The summed E-state index contributed by atoms with van der Waals surface area (Å²) in [6.45, 7) is 9.55. The fraction of sp³-hybridized carbons (Fsp3) is 0.474. The molecule has 0 aliphatic carbocycles. The zero-order valence-corrected chi connectivity index (χ0v) is 15.6. The summed E-state index contributed by atoms with van der Waals surface area (Å²) in [5, 5.41) is 30.3. The molecular weight excluding hydrogens is 356 g/mol. The van der Waals surface area contributed by atoms with Crippen molar-refractivity contribution in [3.63, 3.8) is 0 Å². The molecule has 3 N–H and O–H groups in total. The summed E-state index contributed by atoms with van der Waals surface area (Å²) in [6, 6.07) is 5.28.